The average Bonchev–Trinajstić information content (AvgIpc) is 2.82. The molecule has 0 spiro atoms. The second-order valence-electron chi connectivity index (χ2n) is 7.09. The summed E-state index contributed by atoms with van der Waals surface area (Å²) in [7, 11) is 0. The quantitative estimate of drug-likeness (QED) is 0.303. The van der Waals surface area contributed by atoms with Crippen molar-refractivity contribution in [1.82, 2.24) is 16.1 Å². The number of ketones is 1. The monoisotopic (exact) mass is 441 g/mol. The second kappa shape index (κ2) is 14.1. The minimum Gasteiger partial charge on any atom is -0.375 e. The minimum atomic E-state index is -1.04. The Balaban J connectivity index is 2.04. The number of Topliss-reactive ketones (excluding diaryl/α,β-unsaturated/α-hetero) is 1. The number of carbonyl (C=O) groups excluding carboxylic acids is 3. The van der Waals surface area contributed by atoms with Crippen molar-refractivity contribution in [3.63, 3.8) is 0 Å². The molecule has 2 atom stereocenters. The van der Waals surface area contributed by atoms with E-state index in [4.69, 9.17) is 9.57 Å². The number of nitrogens with one attached hydrogen (secondary N) is 3. The van der Waals surface area contributed by atoms with Gasteiger partial charge in [0.1, 0.15) is 12.1 Å². The van der Waals surface area contributed by atoms with Gasteiger partial charge in [-0.05, 0) is 24.6 Å². The Labute approximate surface area is 188 Å². The number of hydrogen-bond donors (Lipinski definition) is 3. The van der Waals surface area contributed by atoms with E-state index in [1.807, 2.05) is 67.6 Å². The molecule has 172 valence electrons. The maximum Gasteiger partial charge on any atom is 0.313 e. The van der Waals surface area contributed by atoms with E-state index in [2.05, 4.69) is 16.1 Å². The Bertz CT molecular complexity index is 845. The van der Waals surface area contributed by atoms with Crippen LogP contribution in [0.1, 0.15) is 25.0 Å². The Hall–Kier alpha value is -3.07. The van der Waals surface area contributed by atoms with Crippen molar-refractivity contribution in [1.29, 1.82) is 0 Å². The van der Waals surface area contributed by atoms with Crippen LogP contribution in [0, 0.1) is 0 Å². The molecule has 0 aliphatic carbocycles. The third-order valence-corrected chi connectivity index (χ3v) is 4.61. The summed E-state index contributed by atoms with van der Waals surface area (Å²) in [5.41, 5.74) is 3.91. The van der Waals surface area contributed by atoms with Crippen LogP contribution in [-0.2, 0) is 37.0 Å². The fourth-order valence-electron chi connectivity index (χ4n) is 3.02. The van der Waals surface area contributed by atoms with Crippen LogP contribution in [0.3, 0.4) is 0 Å². The third-order valence-electron chi connectivity index (χ3n) is 4.61. The Kier molecular flexibility index (Phi) is 11.1. The molecule has 2 rings (SSSR count). The van der Waals surface area contributed by atoms with Crippen molar-refractivity contribution < 1.29 is 24.0 Å². The molecule has 2 aromatic rings. The van der Waals surface area contributed by atoms with Crippen molar-refractivity contribution >= 4 is 17.6 Å². The maximum atomic E-state index is 12.9. The largest absolute Gasteiger partial charge is 0.375 e. The summed E-state index contributed by atoms with van der Waals surface area (Å²) in [5, 5.41) is 5.78. The highest BCUT2D eigenvalue weighted by Crippen LogP contribution is 2.06. The number of hydrogen-bond acceptors (Lipinski definition) is 6. The summed E-state index contributed by atoms with van der Waals surface area (Å²) in [6.45, 7) is 4.79. The van der Waals surface area contributed by atoms with E-state index in [-0.39, 0.29) is 19.6 Å². The lowest BCUT2D eigenvalue weighted by Crippen LogP contribution is -2.55. The van der Waals surface area contributed by atoms with Crippen molar-refractivity contribution in [3.05, 3.63) is 71.8 Å². The molecule has 3 N–H and O–H groups in total. The van der Waals surface area contributed by atoms with Gasteiger partial charge in [0.2, 0.25) is 11.7 Å². The zero-order valence-electron chi connectivity index (χ0n) is 18.5. The number of benzene rings is 2. The number of amides is 2. The fraction of sp³-hybridized carbons (Fsp3) is 0.375. The smallest absolute Gasteiger partial charge is 0.313 e. The number of hydroxylamine groups is 1. The SMILES string of the molecule is CCNC(COCc1ccccc1)C(=O)NC(Cc1ccccc1)C(=O)C(=O)NOCC. The molecule has 2 aromatic carbocycles. The highest BCUT2D eigenvalue weighted by Gasteiger charge is 2.30. The van der Waals surface area contributed by atoms with Crippen molar-refractivity contribution in [2.75, 3.05) is 19.8 Å². The summed E-state index contributed by atoms with van der Waals surface area (Å²) >= 11 is 0. The van der Waals surface area contributed by atoms with Crippen molar-refractivity contribution in [3.8, 4) is 0 Å². The first-order chi connectivity index (χ1) is 15.5. The van der Waals surface area contributed by atoms with E-state index in [9.17, 15) is 14.4 Å². The second-order valence-corrected chi connectivity index (χ2v) is 7.09. The van der Waals surface area contributed by atoms with Crippen molar-refractivity contribution in [2.24, 2.45) is 0 Å². The minimum absolute atomic E-state index is 0.117. The van der Waals surface area contributed by atoms with E-state index < -0.39 is 29.7 Å². The van der Waals surface area contributed by atoms with E-state index in [0.717, 1.165) is 11.1 Å². The van der Waals surface area contributed by atoms with Crippen LogP contribution >= 0.6 is 0 Å². The van der Waals surface area contributed by atoms with Crippen molar-refractivity contribution in [2.45, 2.75) is 39.0 Å². The van der Waals surface area contributed by atoms with Crippen LogP contribution in [0.25, 0.3) is 0 Å². The molecule has 0 radical (unpaired) electrons. The summed E-state index contributed by atoms with van der Waals surface area (Å²) in [6, 6.07) is 17.1. The highest BCUT2D eigenvalue weighted by molar-refractivity contribution is 6.38. The van der Waals surface area contributed by atoms with E-state index in [1.54, 1.807) is 6.92 Å². The Morgan fingerprint density at radius 2 is 1.50 bits per heavy atom. The molecule has 0 saturated carbocycles. The maximum absolute atomic E-state index is 12.9. The zero-order valence-corrected chi connectivity index (χ0v) is 18.5. The van der Waals surface area contributed by atoms with Gasteiger partial charge in [0.25, 0.3) is 0 Å². The summed E-state index contributed by atoms with van der Waals surface area (Å²) in [4.78, 5) is 42.7. The normalized spacial score (nSPS) is 12.6. The van der Waals surface area contributed by atoms with Crippen LogP contribution in [0.15, 0.2) is 60.7 Å². The predicted molar refractivity (Wildman–Crippen MR) is 120 cm³/mol. The molecule has 0 aromatic heterocycles. The van der Waals surface area contributed by atoms with Crippen LogP contribution < -0.4 is 16.1 Å². The average molecular weight is 442 g/mol. The molecule has 8 nitrogen and oxygen atoms in total. The topological polar surface area (TPSA) is 106 Å². The molecule has 2 amide bonds. The standard InChI is InChI=1S/C24H31N3O5/c1-3-25-21(17-31-16-19-13-9-6-10-14-19)23(29)26-20(15-18-11-7-5-8-12-18)22(28)24(30)27-32-4-2/h5-14,20-21,25H,3-4,15-17H2,1-2H3,(H,26,29)(H,27,30). The lowest BCUT2D eigenvalue weighted by atomic mass is 10.0. The Morgan fingerprint density at radius 3 is 2.09 bits per heavy atom. The molecule has 2 unspecified atom stereocenters. The molecule has 0 fully saturated rings. The summed E-state index contributed by atoms with van der Waals surface area (Å²) in [6.07, 6.45) is 0.175. The van der Waals surface area contributed by atoms with Gasteiger partial charge in [-0.3, -0.25) is 19.2 Å². The van der Waals surface area contributed by atoms with Gasteiger partial charge in [0, 0.05) is 6.42 Å². The van der Waals surface area contributed by atoms with Gasteiger partial charge < -0.3 is 15.4 Å². The zero-order chi connectivity index (χ0) is 23.2. The molecule has 0 aliphatic heterocycles. The van der Waals surface area contributed by atoms with Gasteiger partial charge in [-0.25, -0.2) is 5.48 Å². The third kappa shape index (κ3) is 8.58. The van der Waals surface area contributed by atoms with Gasteiger partial charge in [-0.2, -0.15) is 0 Å². The van der Waals surface area contributed by atoms with E-state index in [0.29, 0.717) is 13.2 Å². The lowest BCUT2D eigenvalue weighted by Gasteiger charge is -2.22. The van der Waals surface area contributed by atoms with E-state index >= 15 is 0 Å². The summed E-state index contributed by atoms with van der Waals surface area (Å²) in [5.74, 6) is -2.11. The molecular formula is C24H31N3O5. The first-order valence-corrected chi connectivity index (χ1v) is 10.7. The van der Waals surface area contributed by atoms with Gasteiger partial charge >= 0.3 is 5.91 Å². The molecule has 0 bridgehead atoms. The first kappa shape index (κ1) is 25.2. The Morgan fingerprint density at radius 1 is 0.875 bits per heavy atom. The summed E-state index contributed by atoms with van der Waals surface area (Å²) < 4.78 is 5.71. The number of ether oxygens (including phenoxy) is 1. The molecule has 0 aliphatic rings. The van der Waals surface area contributed by atoms with Crippen LogP contribution in [0.4, 0.5) is 0 Å². The molecule has 0 saturated heterocycles. The molecule has 32 heavy (non-hydrogen) atoms. The predicted octanol–water partition coefficient (Wildman–Crippen LogP) is 1.55. The van der Waals surface area contributed by atoms with E-state index in [1.165, 1.54) is 0 Å². The fourth-order valence-corrected chi connectivity index (χ4v) is 3.02. The van der Waals surface area contributed by atoms with Gasteiger partial charge in [-0.1, -0.05) is 67.6 Å². The molecule has 0 heterocycles. The van der Waals surface area contributed by atoms with Crippen LogP contribution in [0.5, 0.6) is 0 Å². The highest BCUT2D eigenvalue weighted by atomic mass is 16.6. The molecule has 8 heteroatoms. The molecular weight excluding hydrogens is 410 g/mol. The number of rotatable bonds is 14. The number of likely N-dealkylation sites (N-methyl/N-ethyl adjacent to an activating group) is 1. The van der Waals surface area contributed by atoms with Gasteiger partial charge in [0.05, 0.1) is 19.8 Å². The lowest BCUT2D eigenvalue weighted by molar-refractivity contribution is -0.147. The first-order valence-electron chi connectivity index (χ1n) is 10.7. The van der Waals surface area contributed by atoms with Crippen LogP contribution in [-0.4, -0.2) is 49.4 Å². The van der Waals surface area contributed by atoms with Gasteiger partial charge in [0.15, 0.2) is 0 Å². The van der Waals surface area contributed by atoms with Crippen LogP contribution in [0.2, 0.25) is 0 Å². The number of carbonyl (C=O) groups is 3. The van der Waals surface area contributed by atoms with Gasteiger partial charge in [-0.15, -0.1) is 0 Å².